The lowest BCUT2D eigenvalue weighted by Crippen LogP contribution is -2.50. The van der Waals surface area contributed by atoms with Gasteiger partial charge in [0.05, 0.1) is 6.04 Å². The van der Waals surface area contributed by atoms with Crippen LogP contribution >= 0.6 is 23.2 Å². The summed E-state index contributed by atoms with van der Waals surface area (Å²) in [5.74, 6) is -0.0945. The van der Waals surface area contributed by atoms with E-state index in [2.05, 4.69) is 34.3 Å². The number of nitrogens with zero attached hydrogens (tertiary/aromatic N) is 3. The quantitative estimate of drug-likeness (QED) is 0.627. The van der Waals surface area contributed by atoms with Crippen molar-refractivity contribution in [1.82, 2.24) is 15.0 Å². The van der Waals surface area contributed by atoms with Crippen LogP contribution in [0.2, 0.25) is 10.0 Å². The van der Waals surface area contributed by atoms with Crippen molar-refractivity contribution in [2.45, 2.75) is 6.04 Å². The Morgan fingerprint density at radius 3 is 1.86 bits per heavy atom. The first-order chi connectivity index (χ1) is 13.6. The first-order valence-electron chi connectivity index (χ1n) is 9.06. The molecule has 28 heavy (non-hydrogen) atoms. The lowest BCUT2D eigenvalue weighted by Gasteiger charge is -2.39. The third kappa shape index (κ3) is 4.07. The van der Waals surface area contributed by atoms with Crippen molar-refractivity contribution in [3.63, 3.8) is 0 Å². The van der Waals surface area contributed by atoms with E-state index in [4.69, 9.17) is 27.7 Å². The highest BCUT2D eigenvalue weighted by Gasteiger charge is 2.29. The summed E-state index contributed by atoms with van der Waals surface area (Å²) in [7, 11) is 0. The highest BCUT2D eigenvalue weighted by molar-refractivity contribution is 6.30. The number of carbonyl (C=O) groups is 1. The molecule has 0 bridgehead atoms. The smallest absolute Gasteiger partial charge is 0.276 e. The fourth-order valence-electron chi connectivity index (χ4n) is 3.57. The van der Waals surface area contributed by atoms with Crippen LogP contribution in [0.25, 0.3) is 0 Å². The van der Waals surface area contributed by atoms with E-state index >= 15 is 0 Å². The van der Waals surface area contributed by atoms with Crippen LogP contribution in [-0.4, -0.2) is 47.0 Å². The summed E-state index contributed by atoms with van der Waals surface area (Å²) in [6.07, 6.45) is 1.42. The zero-order valence-corrected chi connectivity index (χ0v) is 16.6. The minimum atomic E-state index is -0.0945. The number of benzene rings is 2. The second-order valence-electron chi connectivity index (χ2n) is 6.72. The molecule has 0 aliphatic carbocycles. The molecule has 3 aromatic rings. The van der Waals surface area contributed by atoms with Crippen molar-refractivity contribution in [2.75, 3.05) is 26.2 Å². The van der Waals surface area contributed by atoms with Crippen LogP contribution in [0, 0.1) is 0 Å². The van der Waals surface area contributed by atoms with Gasteiger partial charge in [0, 0.05) is 42.3 Å². The third-order valence-corrected chi connectivity index (χ3v) is 5.50. The standard InChI is InChI=1S/C21H19Cl2N3O2/c22-17-5-1-15(2-6-17)20(16-3-7-18(23)8-4-16)25-10-12-26(13-11-25)21(27)19-9-14-28-24-19/h1-9,14,20H,10-13H2. The Labute approximate surface area is 173 Å². The zero-order valence-electron chi connectivity index (χ0n) is 15.1. The lowest BCUT2D eigenvalue weighted by molar-refractivity contribution is 0.0587. The van der Waals surface area contributed by atoms with Crippen LogP contribution in [0.4, 0.5) is 0 Å². The molecule has 7 heteroatoms. The molecule has 1 saturated heterocycles. The molecule has 1 aliphatic rings. The van der Waals surface area contributed by atoms with Crippen molar-refractivity contribution >= 4 is 29.1 Å². The van der Waals surface area contributed by atoms with E-state index in [1.165, 1.54) is 6.26 Å². The molecule has 0 unspecified atom stereocenters. The predicted molar refractivity (Wildman–Crippen MR) is 109 cm³/mol. The van der Waals surface area contributed by atoms with Gasteiger partial charge in [0.15, 0.2) is 5.69 Å². The number of piperazine rings is 1. The van der Waals surface area contributed by atoms with Gasteiger partial charge in [-0.25, -0.2) is 0 Å². The Bertz CT molecular complexity index is 874. The SMILES string of the molecule is O=C(c1ccon1)N1CCN(C(c2ccc(Cl)cc2)c2ccc(Cl)cc2)CC1. The van der Waals surface area contributed by atoms with Crippen molar-refractivity contribution in [2.24, 2.45) is 0 Å². The van der Waals surface area contributed by atoms with E-state index in [1.807, 2.05) is 29.2 Å². The molecule has 0 radical (unpaired) electrons. The van der Waals surface area contributed by atoms with E-state index in [9.17, 15) is 4.79 Å². The summed E-state index contributed by atoms with van der Waals surface area (Å²) >= 11 is 12.2. The van der Waals surface area contributed by atoms with Gasteiger partial charge in [0.25, 0.3) is 5.91 Å². The molecule has 2 aromatic carbocycles. The molecule has 1 fully saturated rings. The highest BCUT2D eigenvalue weighted by Crippen LogP contribution is 2.31. The van der Waals surface area contributed by atoms with Crippen LogP contribution < -0.4 is 0 Å². The average molecular weight is 416 g/mol. The van der Waals surface area contributed by atoms with Gasteiger partial charge in [0.1, 0.15) is 6.26 Å². The Morgan fingerprint density at radius 2 is 1.39 bits per heavy atom. The fraction of sp³-hybridized carbons (Fsp3) is 0.238. The molecular weight excluding hydrogens is 397 g/mol. The third-order valence-electron chi connectivity index (χ3n) is 5.00. The number of hydrogen-bond acceptors (Lipinski definition) is 4. The van der Waals surface area contributed by atoms with Crippen molar-refractivity contribution in [3.05, 3.63) is 87.7 Å². The Kier molecular flexibility index (Phi) is 5.67. The van der Waals surface area contributed by atoms with E-state index in [0.29, 0.717) is 28.8 Å². The topological polar surface area (TPSA) is 49.6 Å². The summed E-state index contributed by atoms with van der Waals surface area (Å²) in [5, 5.41) is 5.17. The van der Waals surface area contributed by atoms with Gasteiger partial charge in [-0.2, -0.15) is 0 Å². The molecule has 1 amide bonds. The fourth-order valence-corrected chi connectivity index (χ4v) is 3.82. The van der Waals surface area contributed by atoms with Crippen molar-refractivity contribution in [3.8, 4) is 0 Å². The maximum Gasteiger partial charge on any atom is 0.276 e. The predicted octanol–water partition coefficient (Wildman–Crippen LogP) is 4.53. The number of aromatic nitrogens is 1. The summed E-state index contributed by atoms with van der Waals surface area (Å²) in [5.41, 5.74) is 2.66. The number of halogens is 2. The Hall–Kier alpha value is -2.34. The maximum atomic E-state index is 12.5. The van der Waals surface area contributed by atoms with Crippen LogP contribution in [0.5, 0.6) is 0 Å². The van der Waals surface area contributed by atoms with Crippen molar-refractivity contribution < 1.29 is 9.32 Å². The lowest BCUT2D eigenvalue weighted by atomic mass is 9.96. The van der Waals surface area contributed by atoms with Gasteiger partial charge in [-0.05, 0) is 35.4 Å². The average Bonchev–Trinajstić information content (AvgIpc) is 3.26. The van der Waals surface area contributed by atoms with Gasteiger partial charge in [-0.3, -0.25) is 9.69 Å². The first kappa shape index (κ1) is 19.0. The molecule has 2 heterocycles. The largest absolute Gasteiger partial charge is 0.364 e. The second kappa shape index (κ2) is 8.35. The normalized spacial score (nSPS) is 15.2. The molecular formula is C21H19Cl2N3O2. The Balaban J connectivity index is 1.55. The summed E-state index contributed by atoms with van der Waals surface area (Å²) in [4.78, 5) is 16.7. The van der Waals surface area contributed by atoms with Crippen LogP contribution in [-0.2, 0) is 0 Å². The number of amides is 1. The highest BCUT2D eigenvalue weighted by atomic mass is 35.5. The van der Waals surface area contributed by atoms with E-state index in [-0.39, 0.29) is 11.9 Å². The van der Waals surface area contributed by atoms with Gasteiger partial charge in [0.2, 0.25) is 0 Å². The molecule has 0 spiro atoms. The minimum absolute atomic E-state index is 0.0684. The number of hydrogen-bond donors (Lipinski definition) is 0. The van der Waals surface area contributed by atoms with Crippen LogP contribution in [0.1, 0.15) is 27.7 Å². The number of carbonyl (C=O) groups excluding carboxylic acids is 1. The van der Waals surface area contributed by atoms with E-state index < -0.39 is 0 Å². The molecule has 4 rings (SSSR count). The molecule has 1 aliphatic heterocycles. The monoisotopic (exact) mass is 415 g/mol. The van der Waals surface area contributed by atoms with Crippen LogP contribution in [0.3, 0.4) is 0 Å². The molecule has 0 atom stereocenters. The maximum absolute atomic E-state index is 12.5. The molecule has 0 N–H and O–H groups in total. The first-order valence-corrected chi connectivity index (χ1v) is 9.82. The molecule has 144 valence electrons. The van der Waals surface area contributed by atoms with Crippen LogP contribution in [0.15, 0.2) is 65.4 Å². The summed E-state index contributed by atoms with van der Waals surface area (Å²) < 4.78 is 4.79. The van der Waals surface area contributed by atoms with Crippen molar-refractivity contribution in [1.29, 1.82) is 0 Å². The van der Waals surface area contributed by atoms with E-state index in [0.717, 1.165) is 24.2 Å². The zero-order chi connectivity index (χ0) is 19.5. The van der Waals surface area contributed by atoms with Gasteiger partial charge >= 0.3 is 0 Å². The summed E-state index contributed by atoms with van der Waals surface area (Å²) in [6.45, 7) is 2.76. The van der Waals surface area contributed by atoms with Gasteiger partial charge < -0.3 is 9.42 Å². The van der Waals surface area contributed by atoms with Gasteiger partial charge in [-0.1, -0.05) is 52.6 Å². The molecule has 1 aromatic heterocycles. The molecule has 5 nitrogen and oxygen atoms in total. The second-order valence-corrected chi connectivity index (χ2v) is 7.59. The number of rotatable bonds is 4. The Morgan fingerprint density at radius 1 is 0.857 bits per heavy atom. The molecule has 0 saturated carbocycles. The van der Waals surface area contributed by atoms with E-state index in [1.54, 1.807) is 6.07 Å². The van der Waals surface area contributed by atoms with Gasteiger partial charge in [-0.15, -0.1) is 0 Å². The summed E-state index contributed by atoms with van der Waals surface area (Å²) in [6, 6.07) is 17.5. The minimum Gasteiger partial charge on any atom is -0.364 e.